The number of carboxylic acids is 1. The lowest BCUT2D eigenvalue weighted by Gasteiger charge is -2.11. The van der Waals surface area contributed by atoms with Crippen LogP contribution in [0.25, 0.3) is 0 Å². The number of nitrogens with one attached hydrogen (secondary N) is 1. The first-order chi connectivity index (χ1) is 11.0. The van der Waals surface area contributed by atoms with E-state index in [2.05, 4.69) is 21.2 Å². The van der Waals surface area contributed by atoms with E-state index < -0.39 is 5.97 Å². The zero-order chi connectivity index (χ0) is 16.8. The minimum Gasteiger partial charge on any atom is -0.550 e. The van der Waals surface area contributed by atoms with E-state index in [4.69, 9.17) is 4.74 Å². The van der Waals surface area contributed by atoms with Crippen molar-refractivity contribution in [1.29, 1.82) is 0 Å². The maximum atomic E-state index is 12.4. The number of hydrogen-bond donors (Lipinski definition) is 1. The zero-order valence-corrected chi connectivity index (χ0v) is 14.1. The molecule has 2 rings (SSSR count). The molecule has 0 aliphatic heterocycles. The van der Waals surface area contributed by atoms with E-state index in [9.17, 15) is 14.7 Å². The molecular weight excluding hydrogens is 362 g/mol. The molecular formula is C17H15BrNO4-. The molecule has 0 saturated carbocycles. The summed E-state index contributed by atoms with van der Waals surface area (Å²) in [5.74, 6) is -0.943. The molecule has 0 spiro atoms. The highest BCUT2D eigenvalue weighted by Crippen LogP contribution is 2.24. The van der Waals surface area contributed by atoms with Crippen LogP contribution in [0.3, 0.4) is 0 Å². The predicted octanol–water partition coefficient (Wildman–Crippen LogP) is 2.39. The molecule has 2 aromatic rings. The number of carbonyl (C=O) groups is 2. The highest BCUT2D eigenvalue weighted by Gasteiger charge is 2.13. The summed E-state index contributed by atoms with van der Waals surface area (Å²) in [6.07, 6.45) is -0.158. The minimum atomic E-state index is -1.14. The Bertz CT molecular complexity index is 713. The van der Waals surface area contributed by atoms with Crippen LogP contribution in [0.5, 0.6) is 5.75 Å². The Hall–Kier alpha value is -2.34. The molecule has 0 aromatic heterocycles. The second kappa shape index (κ2) is 7.78. The average Bonchev–Trinajstić information content (AvgIpc) is 2.50. The van der Waals surface area contributed by atoms with Crippen LogP contribution >= 0.6 is 15.9 Å². The number of anilines is 1. The Morgan fingerprint density at radius 1 is 1.17 bits per heavy atom. The lowest BCUT2D eigenvalue weighted by molar-refractivity contribution is -0.304. The van der Waals surface area contributed by atoms with Gasteiger partial charge in [-0.3, -0.25) is 4.79 Å². The number of carbonyl (C=O) groups excluding carboxylic acids is 2. The van der Waals surface area contributed by atoms with Crippen molar-refractivity contribution in [2.45, 2.75) is 13.3 Å². The fourth-order valence-electron chi connectivity index (χ4n) is 2.03. The largest absolute Gasteiger partial charge is 0.550 e. The normalized spacial score (nSPS) is 10.2. The van der Waals surface area contributed by atoms with E-state index >= 15 is 0 Å². The van der Waals surface area contributed by atoms with Crippen LogP contribution in [0.2, 0.25) is 0 Å². The van der Waals surface area contributed by atoms with Crippen LogP contribution in [0.4, 0.5) is 5.69 Å². The zero-order valence-electron chi connectivity index (χ0n) is 12.5. The number of hydrogen-bond acceptors (Lipinski definition) is 4. The van der Waals surface area contributed by atoms with Crippen molar-refractivity contribution < 1.29 is 19.4 Å². The van der Waals surface area contributed by atoms with Gasteiger partial charge in [-0.05, 0) is 42.8 Å². The maximum Gasteiger partial charge on any atom is 0.259 e. The first-order valence-corrected chi connectivity index (χ1v) is 7.81. The van der Waals surface area contributed by atoms with Gasteiger partial charge in [0.25, 0.3) is 5.91 Å². The van der Waals surface area contributed by atoms with E-state index in [1.807, 2.05) is 6.92 Å². The quantitative estimate of drug-likeness (QED) is 0.839. The lowest BCUT2D eigenvalue weighted by Crippen LogP contribution is -2.24. The van der Waals surface area contributed by atoms with E-state index in [1.165, 1.54) is 0 Å². The number of benzene rings is 2. The molecule has 6 heteroatoms. The number of ether oxygens (including phenoxy) is 1. The lowest BCUT2D eigenvalue weighted by atomic mass is 10.1. The second-order valence-corrected chi connectivity index (χ2v) is 5.69. The van der Waals surface area contributed by atoms with E-state index in [0.717, 1.165) is 4.47 Å². The van der Waals surface area contributed by atoms with Crippen molar-refractivity contribution in [2.75, 3.05) is 11.9 Å². The van der Waals surface area contributed by atoms with Gasteiger partial charge in [0.05, 0.1) is 12.2 Å². The third kappa shape index (κ3) is 4.82. The molecule has 0 bridgehead atoms. The number of amides is 1. The Morgan fingerprint density at radius 2 is 1.87 bits per heavy atom. The highest BCUT2D eigenvalue weighted by molar-refractivity contribution is 9.10. The smallest absolute Gasteiger partial charge is 0.259 e. The van der Waals surface area contributed by atoms with Crippen LogP contribution in [0.15, 0.2) is 46.9 Å². The van der Waals surface area contributed by atoms with Gasteiger partial charge < -0.3 is 20.0 Å². The number of carboxylic acid groups (broad SMARTS) is 1. The Kier molecular flexibility index (Phi) is 5.76. The third-order valence-electron chi connectivity index (χ3n) is 3.05. The second-order valence-electron chi connectivity index (χ2n) is 4.77. The summed E-state index contributed by atoms with van der Waals surface area (Å²) >= 11 is 3.34. The number of halogens is 1. The topological polar surface area (TPSA) is 78.5 Å². The highest BCUT2D eigenvalue weighted by atomic mass is 79.9. The number of rotatable bonds is 6. The minimum absolute atomic E-state index is 0.158. The molecule has 0 aliphatic carbocycles. The molecule has 2 aromatic carbocycles. The summed E-state index contributed by atoms with van der Waals surface area (Å²) in [5, 5.41) is 13.3. The van der Waals surface area contributed by atoms with Crippen molar-refractivity contribution in [3.05, 3.63) is 58.1 Å². The van der Waals surface area contributed by atoms with Crippen molar-refractivity contribution in [3.63, 3.8) is 0 Å². The molecule has 1 N–H and O–H groups in total. The van der Waals surface area contributed by atoms with Gasteiger partial charge in [0.1, 0.15) is 5.75 Å². The summed E-state index contributed by atoms with van der Waals surface area (Å²) in [4.78, 5) is 23.0. The molecule has 5 nitrogen and oxygen atoms in total. The monoisotopic (exact) mass is 376 g/mol. The Labute approximate surface area is 142 Å². The first kappa shape index (κ1) is 17.0. The van der Waals surface area contributed by atoms with Gasteiger partial charge in [0.2, 0.25) is 0 Å². The van der Waals surface area contributed by atoms with Gasteiger partial charge in [-0.1, -0.05) is 28.1 Å². The molecule has 0 saturated heterocycles. The van der Waals surface area contributed by atoms with Crippen LogP contribution in [-0.4, -0.2) is 18.5 Å². The Morgan fingerprint density at radius 3 is 2.48 bits per heavy atom. The summed E-state index contributed by atoms with van der Waals surface area (Å²) in [6.45, 7) is 2.31. The molecule has 23 heavy (non-hydrogen) atoms. The summed E-state index contributed by atoms with van der Waals surface area (Å²) in [7, 11) is 0. The first-order valence-electron chi connectivity index (χ1n) is 7.02. The van der Waals surface area contributed by atoms with Crippen molar-refractivity contribution >= 4 is 33.5 Å². The molecule has 0 fully saturated rings. The van der Waals surface area contributed by atoms with Crippen LogP contribution < -0.4 is 15.2 Å². The molecule has 1 amide bonds. The third-order valence-corrected chi connectivity index (χ3v) is 3.54. The average molecular weight is 377 g/mol. The molecule has 0 radical (unpaired) electrons. The van der Waals surface area contributed by atoms with Gasteiger partial charge in [0.15, 0.2) is 0 Å². The summed E-state index contributed by atoms with van der Waals surface area (Å²) < 4.78 is 6.23. The fourth-order valence-corrected chi connectivity index (χ4v) is 2.39. The van der Waals surface area contributed by atoms with Crippen LogP contribution in [0.1, 0.15) is 22.8 Å². The summed E-state index contributed by atoms with van der Waals surface area (Å²) in [6, 6.07) is 11.8. The van der Waals surface area contributed by atoms with Crippen molar-refractivity contribution in [1.82, 2.24) is 0 Å². The van der Waals surface area contributed by atoms with Gasteiger partial charge >= 0.3 is 0 Å². The summed E-state index contributed by atoms with van der Waals surface area (Å²) in [5.41, 5.74) is 1.60. The van der Waals surface area contributed by atoms with E-state index in [-0.39, 0.29) is 12.3 Å². The van der Waals surface area contributed by atoms with Crippen molar-refractivity contribution in [3.8, 4) is 5.75 Å². The molecule has 0 atom stereocenters. The molecule has 0 unspecified atom stereocenters. The molecule has 120 valence electrons. The predicted molar refractivity (Wildman–Crippen MR) is 88.4 cm³/mol. The maximum absolute atomic E-state index is 12.4. The van der Waals surface area contributed by atoms with E-state index in [1.54, 1.807) is 42.5 Å². The van der Waals surface area contributed by atoms with Crippen molar-refractivity contribution in [2.24, 2.45) is 0 Å². The van der Waals surface area contributed by atoms with Gasteiger partial charge in [-0.15, -0.1) is 0 Å². The Balaban J connectivity index is 2.15. The van der Waals surface area contributed by atoms with Crippen LogP contribution in [0, 0.1) is 0 Å². The van der Waals surface area contributed by atoms with Gasteiger partial charge in [-0.25, -0.2) is 0 Å². The molecule has 0 heterocycles. The standard InChI is InChI=1S/C17H16BrNO4/c1-2-23-15-8-5-12(18)10-14(15)17(22)19-13-6-3-11(4-7-13)9-16(20)21/h3-8,10H,2,9H2,1H3,(H,19,22)(H,20,21)/p-1. The van der Waals surface area contributed by atoms with Gasteiger partial charge in [-0.2, -0.15) is 0 Å². The van der Waals surface area contributed by atoms with Crippen LogP contribution in [-0.2, 0) is 11.2 Å². The van der Waals surface area contributed by atoms with E-state index in [0.29, 0.717) is 29.2 Å². The molecule has 0 aliphatic rings. The fraction of sp³-hybridized carbons (Fsp3) is 0.176. The number of aliphatic carboxylic acids is 1. The SMILES string of the molecule is CCOc1ccc(Br)cc1C(=O)Nc1ccc(CC(=O)[O-])cc1. The van der Waals surface area contributed by atoms with Gasteiger partial charge in [0, 0.05) is 22.6 Å².